The summed E-state index contributed by atoms with van der Waals surface area (Å²) in [6, 6.07) is 14.3. The monoisotopic (exact) mass is 472 g/mol. The van der Waals surface area contributed by atoms with Crippen LogP contribution in [0.1, 0.15) is 25.7 Å². The van der Waals surface area contributed by atoms with Crippen LogP contribution in [-0.2, 0) is 0 Å². The highest BCUT2D eigenvalue weighted by Crippen LogP contribution is 2.39. The van der Waals surface area contributed by atoms with Crippen LogP contribution in [-0.4, -0.2) is 52.9 Å². The van der Waals surface area contributed by atoms with Gasteiger partial charge in [-0.3, -0.25) is 0 Å². The highest BCUT2D eigenvalue weighted by molar-refractivity contribution is 5.82. The summed E-state index contributed by atoms with van der Waals surface area (Å²) >= 11 is 0. The number of hydrogen-bond donors (Lipinski definition) is 1. The molecule has 0 amide bonds. The lowest BCUT2D eigenvalue weighted by molar-refractivity contribution is 0.161. The van der Waals surface area contributed by atoms with Gasteiger partial charge in [0, 0.05) is 43.0 Å². The van der Waals surface area contributed by atoms with E-state index in [1.807, 2.05) is 22.7 Å². The Balaban J connectivity index is 1.42. The minimum atomic E-state index is -0.277. The number of fused-ring (bicyclic) bond motifs is 1. The minimum Gasteiger partial charge on any atom is -0.481 e. The molecule has 7 nitrogen and oxygen atoms in total. The molecule has 0 bridgehead atoms. The van der Waals surface area contributed by atoms with E-state index in [1.165, 1.54) is 37.8 Å². The molecule has 1 spiro atoms. The maximum absolute atomic E-state index is 13.6. The summed E-state index contributed by atoms with van der Waals surface area (Å²) in [6.45, 7) is 4.27. The van der Waals surface area contributed by atoms with Gasteiger partial charge in [0.2, 0.25) is 5.88 Å². The highest BCUT2D eigenvalue weighted by Gasteiger charge is 2.36. The van der Waals surface area contributed by atoms with Crippen molar-refractivity contribution in [1.82, 2.24) is 24.9 Å². The Hall–Kier alpha value is -3.52. The summed E-state index contributed by atoms with van der Waals surface area (Å²) < 4.78 is 20.9. The number of benzene rings is 1. The van der Waals surface area contributed by atoms with Crippen molar-refractivity contribution in [3.63, 3.8) is 0 Å². The van der Waals surface area contributed by atoms with E-state index in [0.717, 1.165) is 60.2 Å². The van der Waals surface area contributed by atoms with Crippen molar-refractivity contribution in [2.45, 2.75) is 25.7 Å². The molecule has 35 heavy (non-hydrogen) atoms. The van der Waals surface area contributed by atoms with Gasteiger partial charge in [0.15, 0.2) is 5.65 Å². The van der Waals surface area contributed by atoms with Crippen molar-refractivity contribution in [2.75, 3.05) is 38.2 Å². The SMILES string of the molecule is COc1cc(-c2c(-c3ccc(F)cc3)nc3ccc(N4CCC5(CCCNC5)CC4)nn23)ccn1. The quantitative estimate of drug-likeness (QED) is 0.469. The van der Waals surface area contributed by atoms with Gasteiger partial charge in [-0.25, -0.2) is 18.9 Å². The summed E-state index contributed by atoms with van der Waals surface area (Å²) in [5.41, 5.74) is 4.47. The first-order chi connectivity index (χ1) is 17.1. The number of hydrogen-bond acceptors (Lipinski definition) is 6. The van der Waals surface area contributed by atoms with Gasteiger partial charge in [0.05, 0.1) is 12.8 Å². The van der Waals surface area contributed by atoms with Gasteiger partial charge in [-0.1, -0.05) is 0 Å². The number of piperidine rings is 2. The van der Waals surface area contributed by atoms with Crippen molar-refractivity contribution >= 4 is 11.5 Å². The zero-order valence-electron chi connectivity index (χ0n) is 19.9. The number of halogens is 1. The molecule has 0 unspecified atom stereocenters. The molecule has 0 saturated carbocycles. The second-order valence-electron chi connectivity index (χ2n) is 9.63. The summed E-state index contributed by atoms with van der Waals surface area (Å²) in [5, 5.41) is 8.65. The lowest BCUT2D eigenvalue weighted by Gasteiger charge is -2.44. The lowest BCUT2D eigenvalue weighted by atomic mass is 9.73. The molecule has 0 radical (unpaired) electrons. The van der Waals surface area contributed by atoms with E-state index in [0.29, 0.717) is 11.3 Å². The number of anilines is 1. The van der Waals surface area contributed by atoms with E-state index in [1.54, 1.807) is 25.4 Å². The molecule has 8 heteroatoms. The van der Waals surface area contributed by atoms with Gasteiger partial charge in [-0.2, -0.15) is 0 Å². The molecule has 4 aromatic rings. The summed E-state index contributed by atoms with van der Waals surface area (Å²) in [5.74, 6) is 1.18. The van der Waals surface area contributed by atoms with E-state index in [-0.39, 0.29) is 5.82 Å². The van der Waals surface area contributed by atoms with E-state index < -0.39 is 0 Å². The second kappa shape index (κ2) is 8.92. The third-order valence-electron chi connectivity index (χ3n) is 7.51. The summed E-state index contributed by atoms with van der Waals surface area (Å²) in [7, 11) is 1.60. The average Bonchev–Trinajstić information content (AvgIpc) is 3.29. The molecule has 2 saturated heterocycles. The van der Waals surface area contributed by atoms with Crippen LogP contribution in [0.3, 0.4) is 0 Å². The molecular weight excluding hydrogens is 443 g/mol. The molecule has 2 fully saturated rings. The van der Waals surface area contributed by atoms with Gasteiger partial charge in [0.1, 0.15) is 17.3 Å². The molecule has 0 aliphatic carbocycles. The summed E-state index contributed by atoms with van der Waals surface area (Å²) in [6.07, 6.45) is 6.66. The van der Waals surface area contributed by atoms with Gasteiger partial charge in [-0.05, 0) is 80.1 Å². The molecule has 3 aromatic heterocycles. The third kappa shape index (κ3) is 4.12. The predicted octanol–water partition coefficient (Wildman–Crippen LogP) is 4.58. The fourth-order valence-corrected chi connectivity index (χ4v) is 5.50. The Morgan fingerprint density at radius 1 is 1.00 bits per heavy atom. The number of nitrogens with one attached hydrogen (secondary N) is 1. The topological polar surface area (TPSA) is 67.6 Å². The number of imidazole rings is 1. The Morgan fingerprint density at radius 3 is 2.57 bits per heavy atom. The van der Waals surface area contributed by atoms with Gasteiger partial charge >= 0.3 is 0 Å². The molecule has 5 heterocycles. The molecule has 2 aliphatic rings. The standard InChI is InChI=1S/C27H29FN6O/c1-35-24-17-20(9-14-30-24)26-25(19-3-5-21(28)6-4-19)31-22-7-8-23(32-34(22)26)33-15-11-27(12-16-33)10-2-13-29-18-27/h3-9,14,17,29H,2,10-13,15-16,18H2,1H3. The number of ether oxygens (including phenoxy) is 1. The second-order valence-corrected chi connectivity index (χ2v) is 9.63. The average molecular weight is 473 g/mol. The van der Waals surface area contributed by atoms with Crippen molar-refractivity contribution in [1.29, 1.82) is 0 Å². The van der Waals surface area contributed by atoms with Crippen LogP contribution in [0.25, 0.3) is 28.2 Å². The molecule has 1 N–H and O–H groups in total. The normalized spacial score (nSPS) is 17.7. The van der Waals surface area contributed by atoms with E-state index in [4.69, 9.17) is 14.8 Å². The minimum absolute atomic E-state index is 0.277. The zero-order valence-corrected chi connectivity index (χ0v) is 19.9. The van der Waals surface area contributed by atoms with Crippen LogP contribution >= 0.6 is 0 Å². The predicted molar refractivity (Wildman–Crippen MR) is 134 cm³/mol. The molecule has 2 aliphatic heterocycles. The Labute approximate surface area is 204 Å². The van der Waals surface area contributed by atoms with Crippen molar-refractivity contribution in [2.24, 2.45) is 5.41 Å². The number of aromatic nitrogens is 4. The lowest BCUT2D eigenvalue weighted by Crippen LogP contribution is -2.48. The van der Waals surface area contributed by atoms with Crippen LogP contribution in [0.4, 0.5) is 10.2 Å². The first-order valence-corrected chi connectivity index (χ1v) is 12.3. The first-order valence-electron chi connectivity index (χ1n) is 12.3. The van der Waals surface area contributed by atoms with Gasteiger partial charge in [0.25, 0.3) is 0 Å². The zero-order chi connectivity index (χ0) is 23.8. The molecule has 6 rings (SSSR count). The number of rotatable bonds is 4. The van der Waals surface area contributed by atoms with Gasteiger partial charge < -0.3 is 15.0 Å². The van der Waals surface area contributed by atoms with E-state index in [2.05, 4.69) is 21.3 Å². The maximum Gasteiger partial charge on any atom is 0.213 e. The van der Waals surface area contributed by atoms with Crippen molar-refractivity contribution < 1.29 is 9.13 Å². The maximum atomic E-state index is 13.6. The van der Waals surface area contributed by atoms with Crippen LogP contribution in [0.2, 0.25) is 0 Å². The van der Waals surface area contributed by atoms with Crippen molar-refractivity contribution in [3.8, 4) is 28.4 Å². The largest absolute Gasteiger partial charge is 0.481 e. The smallest absolute Gasteiger partial charge is 0.213 e. The van der Waals surface area contributed by atoms with Crippen LogP contribution in [0.5, 0.6) is 5.88 Å². The number of nitrogens with zero attached hydrogens (tertiary/aromatic N) is 5. The summed E-state index contributed by atoms with van der Waals surface area (Å²) in [4.78, 5) is 11.5. The number of pyridine rings is 1. The van der Waals surface area contributed by atoms with E-state index >= 15 is 0 Å². The Morgan fingerprint density at radius 2 is 1.83 bits per heavy atom. The van der Waals surface area contributed by atoms with Crippen molar-refractivity contribution in [3.05, 3.63) is 60.5 Å². The number of methoxy groups -OCH3 is 1. The van der Waals surface area contributed by atoms with Crippen LogP contribution in [0, 0.1) is 11.2 Å². The highest BCUT2D eigenvalue weighted by atomic mass is 19.1. The van der Waals surface area contributed by atoms with Crippen LogP contribution in [0.15, 0.2) is 54.7 Å². The molecule has 1 aromatic carbocycles. The molecule has 180 valence electrons. The van der Waals surface area contributed by atoms with E-state index in [9.17, 15) is 4.39 Å². The fraction of sp³-hybridized carbons (Fsp3) is 0.370. The Bertz CT molecular complexity index is 1340. The molecular formula is C27H29FN6O. The van der Waals surface area contributed by atoms with Gasteiger partial charge in [-0.15, -0.1) is 5.10 Å². The Kier molecular flexibility index (Phi) is 5.60. The molecule has 0 atom stereocenters. The first kappa shape index (κ1) is 22.0. The third-order valence-corrected chi connectivity index (χ3v) is 7.51. The fourth-order valence-electron chi connectivity index (χ4n) is 5.50. The van der Waals surface area contributed by atoms with Crippen LogP contribution < -0.4 is 15.0 Å².